The second-order valence-corrected chi connectivity index (χ2v) is 10.8. The number of aryl methyl sites for hydroxylation is 1. The lowest BCUT2D eigenvalue weighted by atomic mass is 9.65. The van der Waals surface area contributed by atoms with Crippen LogP contribution in [0.15, 0.2) is 66.7 Å². The zero-order valence-electron chi connectivity index (χ0n) is 20.3. The molecule has 35 heavy (non-hydrogen) atoms. The maximum atomic E-state index is 13.8. The number of benzene rings is 3. The van der Waals surface area contributed by atoms with E-state index in [0.717, 1.165) is 27.3 Å². The molecule has 0 aromatic heterocycles. The zero-order chi connectivity index (χ0) is 25.1. The number of carbonyl (C=O) groups is 3. The van der Waals surface area contributed by atoms with Crippen LogP contribution in [0.25, 0.3) is 0 Å². The van der Waals surface area contributed by atoms with Crippen molar-refractivity contribution in [1.82, 2.24) is 4.90 Å². The third-order valence-electron chi connectivity index (χ3n) is 7.28. The van der Waals surface area contributed by atoms with Crippen molar-refractivity contribution in [2.75, 3.05) is 11.4 Å². The van der Waals surface area contributed by atoms with Crippen molar-refractivity contribution in [1.29, 1.82) is 0 Å². The molecule has 3 aromatic rings. The van der Waals surface area contributed by atoms with Crippen LogP contribution in [0, 0.1) is 6.92 Å². The molecule has 0 radical (unpaired) electrons. The molecule has 5 rings (SSSR count). The minimum absolute atomic E-state index is 0.283. The minimum Gasteiger partial charge on any atom is -0.305 e. The molecule has 178 valence electrons. The van der Waals surface area contributed by atoms with E-state index in [2.05, 4.69) is 19.1 Å². The number of halogens is 1. The molecule has 2 heterocycles. The maximum Gasteiger partial charge on any atom is 0.262 e. The first-order valence-corrected chi connectivity index (χ1v) is 12.1. The average molecular weight is 487 g/mol. The van der Waals surface area contributed by atoms with Crippen LogP contribution in [0.2, 0.25) is 5.02 Å². The summed E-state index contributed by atoms with van der Waals surface area (Å²) in [7, 11) is 0. The Balaban J connectivity index is 1.56. The van der Waals surface area contributed by atoms with Crippen LogP contribution >= 0.6 is 11.6 Å². The molecule has 0 aliphatic carbocycles. The monoisotopic (exact) mass is 486 g/mol. The van der Waals surface area contributed by atoms with Crippen LogP contribution in [0.4, 0.5) is 5.69 Å². The Bertz CT molecular complexity index is 1340. The molecule has 3 aromatic carbocycles. The highest BCUT2D eigenvalue weighted by Gasteiger charge is 2.48. The first kappa shape index (κ1) is 23.3. The smallest absolute Gasteiger partial charge is 0.262 e. The van der Waals surface area contributed by atoms with E-state index in [-0.39, 0.29) is 17.9 Å². The highest BCUT2D eigenvalue weighted by atomic mass is 35.5. The summed E-state index contributed by atoms with van der Waals surface area (Å²) in [4.78, 5) is 42.5. The summed E-state index contributed by atoms with van der Waals surface area (Å²) in [5, 5.41) is 0.675. The van der Waals surface area contributed by atoms with Crippen LogP contribution < -0.4 is 4.90 Å². The highest BCUT2D eigenvalue weighted by molar-refractivity contribution is 6.30. The summed E-state index contributed by atoms with van der Waals surface area (Å²) >= 11 is 6.16. The molecule has 1 atom stereocenters. The predicted octanol–water partition coefficient (Wildman–Crippen LogP) is 5.77. The van der Waals surface area contributed by atoms with Gasteiger partial charge in [-0.1, -0.05) is 54.9 Å². The van der Waals surface area contributed by atoms with Gasteiger partial charge in [0.1, 0.15) is 6.54 Å². The van der Waals surface area contributed by atoms with Gasteiger partial charge in [0.15, 0.2) is 0 Å². The summed E-state index contributed by atoms with van der Waals surface area (Å²) < 4.78 is 0. The van der Waals surface area contributed by atoms with Gasteiger partial charge in [0.2, 0.25) is 5.91 Å². The number of carbonyl (C=O) groups excluding carboxylic acids is 3. The van der Waals surface area contributed by atoms with E-state index in [9.17, 15) is 14.4 Å². The molecule has 2 aliphatic rings. The second-order valence-electron chi connectivity index (χ2n) is 10.3. The summed E-state index contributed by atoms with van der Waals surface area (Å²) in [5.41, 5.74) is 3.73. The van der Waals surface area contributed by atoms with Gasteiger partial charge in [-0.25, -0.2) is 0 Å². The Kier molecular flexibility index (Phi) is 5.37. The van der Waals surface area contributed by atoms with E-state index in [1.54, 1.807) is 29.2 Å². The molecule has 0 spiro atoms. The Morgan fingerprint density at radius 2 is 1.51 bits per heavy atom. The number of nitrogens with zero attached hydrogens (tertiary/aromatic N) is 2. The molecule has 0 N–H and O–H groups in total. The number of anilines is 1. The molecule has 2 aliphatic heterocycles. The summed E-state index contributed by atoms with van der Waals surface area (Å²) in [5.74, 6) is -1.14. The molecule has 6 heteroatoms. The van der Waals surface area contributed by atoms with E-state index in [1.807, 2.05) is 51.1 Å². The lowest BCUT2D eigenvalue weighted by Crippen LogP contribution is -2.58. The van der Waals surface area contributed by atoms with E-state index in [1.165, 1.54) is 0 Å². The van der Waals surface area contributed by atoms with Crippen LogP contribution in [0.5, 0.6) is 0 Å². The summed E-state index contributed by atoms with van der Waals surface area (Å²) in [6.07, 6.45) is 0.658. The van der Waals surface area contributed by atoms with Crippen LogP contribution in [0.1, 0.15) is 64.6 Å². The lowest BCUT2D eigenvalue weighted by molar-refractivity contribution is -0.120. The van der Waals surface area contributed by atoms with E-state index < -0.39 is 17.4 Å². The molecular formula is C29H27ClN2O3. The highest BCUT2D eigenvalue weighted by Crippen LogP contribution is 2.50. The molecule has 0 unspecified atom stereocenters. The van der Waals surface area contributed by atoms with E-state index >= 15 is 0 Å². The molecule has 5 nitrogen and oxygen atoms in total. The second kappa shape index (κ2) is 8.06. The third kappa shape index (κ3) is 3.66. The van der Waals surface area contributed by atoms with Crippen molar-refractivity contribution in [3.8, 4) is 0 Å². The Morgan fingerprint density at radius 3 is 2.11 bits per heavy atom. The number of hydrogen-bond donors (Lipinski definition) is 0. The van der Waals surface area contributed by atoms with Gasteiger partial charge in [-0.3, -0.25) is 19.3 Å². The molecule has 0 saturated carbocycles. The minimum atomic E-state index is -0.578. The largest absolute Gasteiger partial charge is 0.305 e. The number of hydrogen-bond acceptors (Lipinski definition) is 3. The Hall–Kier alpha value is -3.44. The molecule has 0 fully saturated rings. The van der Waals surface area contributed by atoms with Gasteiger partial charge in [0.25, 0.3) is 11.8 Å². The normalized spacial score (nSPS) is 20.6. The number of rotatable bonds is 3. The van der Waals surface area contributed by atoms with Crippen LogP contribution in [-0.2, 0) is 10.2 Å². The van der Waals surface area contributed by atoms with Crippen molar-refractivity contribution in [3.63, 3.8) is 0 Å². The Labute approximate surface area is 210 Å². The van der Waals surface area contributed by atoms with Gasteiger partial charge in [0.05, 0.1) is 11.1 Å². The molecule has 3 amide bonds. The SMILES string of the molecule is Cc1ccc2c(c1)N(C(=O)CN1C(=O)c3ccccc3C1=O)C(C)(C)C[C@@]2(C)c1ccc(Cl)cc1. The van der Waals surface area contributed by atoms with Crippen molar-refractivity contribution in [2.45, 2.75) is 45.1 Å². The lowest BCUT2D eigenvalue weighted by Gasteiger charge is -2.51. The Morgan fingerprint density at radius 1 is 0.914 bits per heavy atom. The average Bonchev–Trinajstić information content (AvgIpc) is 3.03. The number of imide groups is 1. The fraction of sp³-hybridized carbons (Fsp3) is 0.276. The third-order valence-corrected chi connectivity index (χ3v) is 7.53. The first-order valence-electron chi connectivity index (χ1n) is 11.7. The van der Waals surface area contributed by atoms with Crippen LogP contribution in [0.3, 0.4) is 0 Å². The fourth-order valence-corrected chi connectivity index (χ4v) is 5.92. The van der Waals surface area contributed by atoms with Gasteiger partial charge in [-0.15, -0.1) is 0 Å². The predicted molar refractivity (Wildman–Crippen MR) is 137 cm³/mol. The zero-order valence-corrected chi connectivity index (χ0v) is 21.0. The maximum absolute atomic E-state index is 13.8. The van der Waals surface area contributed by atoms with Gasteiger partial charge in [0, 0.05) is 21.7 Å². The van der Waals surface area contributed by atoms with Crippen molar-refractivity contribution in [2.24, 2.45) is 0 Å². The molecular weight excluding hydrogens is 460 g/mol. The van der Waals surface area contributed by atoms with E-state index in [0.29, 0.717) is 22.6 Å². The van der Waals surface area contributed by atoms with Gasteiger partial charge in [-0.2, -0.15) is 0 Å². The first-order chi connectivity index (χ1) is 16.5. The molecule has 0 saturated heterocycles. The fourth-order valence-electron chi connectivity index (χ4n) is 5.79. The number of amides is 3. The van der Waals surface area contributed by atoms with Gasteiger partial charge < -0.3 is 4.90 Å². The standard InChI is InChI=1S/C29H27ClN2O3/c1-18-9-14-23-24(15-18)32(28(2,3)17-29(23,4)19-10-12-20(30)13-11-19)25(33)16-31-26(34)21-7-5-6-8-22(21)27(31)35/h5-15H,16-17H2,1-4H3/t29-/m0/s1. The number of fused-ring (bicyclic) bond motifs is 2. The van der Waals surface area contributed by atoms with Gasteiger partial charge >= 0.3 is 0 Å². The van der Waals surface area contributed by atoms with Crippen molar-refractivity contribution >= 4 is 35.0 Å². The van der Waals surface area contributed by atoms with Crippen LogP contribution in [-0.4, -0.2) is 34.7 Å². The van der Waals surface area contributed by atoms with Crippen molar-refractivity contribution in [3.05, 3.63) is 99.6 Å². The molecule has 0 bridgehead atoms. The van der Waals surface area contributed by atoms with E-state index in [4.69, 9.17) is 11.6 Å². The summed E-state index contributed by atoms with van der Waals surface area (Å²) in [6, 6.07) is 20.7. The topological polar surface area (TPSA) is 57.7 Å². The van der Waals surface area contributed by atoms with Crippen molar-refractivity contribution < 1.29 is 14.4 Å². The van der Waals surface area contributed by atoms with Gasteiger partial charge in [-0.05, 0) is 74.2 Å². The summed E-state index contributed by atoms with van der Waals surface area (Å²) in [6.45, 7) is 7.95. The quantitative estimate of drug-likeness (QED) is 0.442.